The summed E-state index contributed by atoms with van der Waals surface area (Å²) in [6.07, 6.45) is 0. The number of amides is 1. The van der Waals surface area contributed by atoms with E-state index >= 15 is 0 Å². The number of benzene rings is 1. The molecule has 24 heavy (non-hydrogen) atoms. The monoisotopic (exact) mass is 354 g/mol. The molecule has 0 heterocycles. The summed E-state index contributed by atoms with van der Waals surface area (Å²) < 4.78 is 27.3. The molecule has 0 fully saturated rings. The first-order chi connectivity index (χ1) is 10.9. The Morgan fingerprint density at radius 3 is 2.00 bits per heavy atom. The van der Waals surface area contributed by atoms with E-state index in [2.05, 4.69) is 26.1 Å². The van der Waals surface area contributed by atoms with Crippen LogP contribution in [-0.4, -0.2) is 38.3 Å². The lowest BCUT2D eigenvalue weighted by molar-refractivity contribution is -0.121. The summed E-state index contributed by atoms with van der Waals surface area (Å²) in [6, 6.07) is 3.86. The summed E-state index contributed by atoms with van der Waals surface area (Å²) >= 11 is 0. The van der Waals surface area contributed by atoms with Gasteiger partial charge in [0.2, 0.25) is 15.9 Å². The molecule has 136 valence electrons. The Morgan fingerprint density at radius 2 is 1.62 bits per heavy atom. The molecule has 0 aromatic heterocycles. The molecule has 6 heteroatoms. The quantitative estimate of drug-likeness (QED) is 0.854. The van der Waals surface area contributed by atoms with Crippen molar-refractivity contribution in [2.75, 3.05) is 19.6 Å². The van der Waals surface area contributed by atoms with Gasteiger partial charge in [0.15, 0.2) is 0 Å². The number of aryl methyl sites for hydroxylation is 2. The number of nitrogens with zero attached hydrogens (tertiary/aromatic N) is 1. The van der Waals surface area contributed by atoms with E-state index in [1.807, 2.05) is 32.9 Å². The average molecular weight is 355 g/mol. The van der Waals surface area contributed by atoms with Crippen molar-refractivity contribution in [1.82, 2.24) is 9.62 Å². The van der Waals surface area contributed by atoms with Crippen molar-refractivity contribution in [2.24, 2.45) is 0 Å². The summed E-state index contributed by atoms with van der Waals surface area (Å²) in [4.78, 5) is 12.1. The zero-order chi connectivity index (χ0) is 18.7. The number of nitrogens with one attached hydrogen (secondary N) is 1. The molecule has 0 saturated carbocycles. The molecular formula is C18H30N2O3S. The van der Waals surface area contributed by atoms with Gasteiger partial charge in [-0.2, -0.15) is 4.31 Å². The Hall–Kier alpha value is -1.40. The van der Waals surface area contributed by atoms with Gasteiger partial charge in [0.1, 0.15) is 0 Å². The van der Waals surface area contributed by atoms with Crippen LogP contribution >= 0.6 is 0 Å². The van der Waals surface area contributed by atoms with Crippen molar-refractivity contribution in [3.8, 4) is 0 Å². The number of hydrogen-bond donors (Lipinski definition) is 1. The van der Waals surface area contributed by atoms with Gasteiger partial charge < -0.3 is 5.32 Å². The third-order valence-corrected chi connectivity index (χ3v) is 6.20. The van der Waals surface area contributed by atoms with Gasteiger partial charge in [0.25, 0.3) is 0 Å². The van der Waals surface area contributed by atoms with Crippen molar-refractivity contribution in [3.63, 3.8) is 0 Å². The van der Waals surface area contributed by atoms with Gasteiger partial charge >= 0.3 is 0 Å². The molecule has 1 aromatic carbocycles. The van der Waals surface area contributed by atoms with E-state index in [0.29, 0.717) is 22.6 Å². The normalized spacial score (nSPS) is 12.5. The minimum Gasteiger partial charge on any atom is -0.355 e. The maximum Gasteiger partial charge on any atom is 0.244 e. The maximum atomic E-state index is 13.1. The van der Waals surface area contributed by atoms with Crippen LogP contribution in [0.3, 0.4) is 0 Å². The second-order valence-corrected chi connectivity index (χ2v) is 8.95. The lowest BCUT2D eigenvalue weighted by Crippen LogP contribution is -2.41. The standard InChI is InChI=1S/C18H30N2O3S/c1-8-19-16(21)12-20(9-2)24(22,23)17-13(3)10-15(11-14(17)4)18(5,6)7/h10-11H,8-9,12H2,1-7H3,(H,19,21). The minimum atomic E-state index is -3.72. The van der Waals surface area contributed by atoms with Crippen molar-refractivity contribution < 1.29 is 13.2 Å². The van der Waals surface area contributed by atoms with Crippen LogP contribution in [0.5, 0.6) is 0 Å². The first-order valence-electron chi connectivity index (χ1n) is 8.33. The van der Waals surface area contributed by atoms with E-state index in [1.165, 1.54) is 4.31 Å². The van der Waals surface area contributed by atoms with E-state index < -0.39 is 10.0 Å². The van der Waals surface area contributed by atoms with Gasteiger partial charge in [-0.1, -0.05) is 39.8 Å². The summed E-state index contributed by atoms with van der Waals surface area (Å²) in [5, 5.41) is 2.65. The largest absolute Gasteiger partial charge is 0.355 e. The predicted molar refractivity (Wildman–Crippen MR) is 97.7 cm³/mol. The number of sulfonamides is 1. The van der Waals surface area contributed by atoms with Gasteiger partial charge in [-0.3, -0.25) is 4.79 Å². The first kappa shape index (κ1) is 20.6. The fraction of sp³-hybridized carbons (Fsp3) is 0.611. The van der Waals surface area contributed by atoms with Crippen molar-refractivity contribution >= 4 is 15.9 Å². The molecule has 0 atom stereocenters. The Labute approximate surface area is 146 Å². The average Bonchev–Trinajstić information content (AvgIpc) is 2.42. The van der Waals surface area contributed by atoms with Crippen LogP contribution < -0.4 is 5.32 Å². The van der Waals surface area contributed by atoms with Gasteiger partial charge in [0.05, 0.1) is 11.4 Å². The number of hydrogen-bond acceptors (Lipinski definition) is 3. The predicted octanol–water partition coefficient (Wildman–Crippen LogP) is 2.75. The van der Waals surface area contributed by atoms with E-state index in [-0.39, 0.29) is 24.4 Å². The van der Waals surface area contributed by atoms with Gasteiger partial charge in [-0.15, -0.1) is 0 Å². The molecule has 1 N–H and O–H groups in total. The van der Waals surface area contributed by atoms with Gasteiger partial charge in [0, 0.05) is 13.1 Å². The number of carbonyl (C=O) groups is 1. The van der Waals surface area contributed by atoms with Crippen LogP contribution in [0.1, 0.15) is 51.3 Å². The topological polar surface area (TPSA) is 66.5 Å². The summed E-state index contributed by atoms with van der Waals surface area (Å²) in [7, 11) is -3.72. The molecule has 0 unspecified atom stereocenters. The maximum absolute atomic E-state index is 13.1. The second-order valence-electron chi connectivity index (χ2n) is 7.07. The van der Waals surface area contributed by atoms with E-state index in [4.69, 9.17) is 0 Å². The van der Waals surface area contributed by atoms with E-state index in [9.17, 15) is 13.2 Å². The minimum absolute atomic E-state index is 0.0523. The lowest BCUT2D eigenvalue weighted by atomic mass is 9.85. The van der Waals surface area contributed by atoms with Crippen LogP contribution in [0.15, 0.2) is 17.0 Å². The molecule has 5 nitrogen and oxygen atoms in total. The summed E-state index contributed by atoms with van der Waals surface area (Å²) in [6.45, 7) is 14.0. The first-order valence-corrected chi connectivity index (χ1v) is 9.77. The van der Waals surface area contributed by atoms with E-state index in [0.717, 1.165) is 5.56 Å². The van der Waals surface area contributed by atoms with E-state index in [1.54, 1.807) is 6.92 Å². The zero-order valence-electron chi connectivity index (χ0n) is 15.9. The molecule has 1 aromatic rings. The van der Waals surface area contributed by atoms with Crippen LogP contribution in [0.4, 0.5) is 0 Å². The fourth-order valence-electron chi connectivity index (χ4n) is 2.70. The Kier molecular flexibility index (Phi) is 6.59. The molecule has 0 aliphatic rings. The third-order valence-electron chi connectivity index (χ3n) is 3.97. The Balaban J connectivity index is 3.34. The smallest absolute Gasteiger partial charge is 0.244 e. The summed E-state index contributed by atoms with van der Waals surface area (Å²) in [5.41, 5.74) is 2.48. The molecule has 0 radical (unpaired) electrons. The molecule has 1 amide bonds. The highest BCUT2D eigenvalue weighted by atomic mass is 32.2. The molecule has 1 rings (SSSR count). The molecular weight excluding hydrogens is 324 g/mol. The van der Waals surface area contributed by atoms with Crippen molar-refractivity contribution in [2.45, 2.75) is 58.8 Å². The highest BCUT2D eigenvalue weighted by Gasteiger charge is 2.29. The molecule has 0 aliphatic heterocycles. The second kappa shape index (κ2) is 7.66. The SMILES string of the molecule is CCNC(=O)CN(CC)S(=O)(=O)c1c(C)cc(C(C)(C)C)cc1C. The molecule has 0 aliphatic carbocycles. The highest BCUT2D eigenvalue weighted by Crippen LogP contribution is 2.30. The lowest BCUT2D eigenvalue weighted by Gasteiger charge is -2.25. The van der Waals surface area contributed by atoms with Crippen LogP contribution in [-0.2, 0) is 20.2 Å². The molecule has 0 spiro atoms. The number of likely N-dealkylation sites (N-methyl/N-ethyl adjacent to an activating group) is 2. The molecule has 0 bridgehead atoms. The van der Waals surface area contributed by atoms with Crippen molar-refractivity contribution in [1.29, 1.82) is 0 Å². The van der Waals surface area contributed by atoms with Crippen LogP contribution in [0.25, 0.3) is 0 Å². The number of carbonyl (C=O) groups excluding carboxylic acids is 1. The third kappa shape index (κ3) is 4.57. The van der Waals surface area contributed by atoms with Crippen LogP contribution in [0, 0.1) is 13.8 Å². The Bertz CT molecular complexity index is 680. The van der Waals surface area contributed by atoms with Crippen LogP contribution in [0.2, 0.25) is 0 Å². The fourth-order valence-corrected chi connectivity index (χ4v) is 4.52. The Morgan fingerprint density at radius 1 is 1.12 bits per heavy atom. The number of rotatable bonds is 6. The summed E-state index contributed by atoms with van der Waals surface area (Å²) in [5.74, 6) is -0.287. The highest BCUT2D eigenvalue weighted by molar-refractivity contribution is 7.89. The van der Waals surface area contributed by atoms with Gasteiger partial charge in [-0.25, -0.2) is 8.42 Å². The zero-order valence-corrected chi connectivity index (χ0v) is 16.7. The van der Waals surface area contributed by atoms with Crippen molar-refractivity contribution in [3.05, 3.63) is 28.8 Å². The molecule has 0 saturated heterocycles. The van der Waals surface area contributed by atoms with Gasteiger partial charge in [-0.05, 0) is 42.9 Å².